The molecule has 72 valence electrons. The largest absolute Gasteiger partial charge is 0.507 e. The van der Waals surface area contributed by atoms with E-state index in [0.717, 1.165) is 0 Å². The van der Waals surface area contributed by atoms with Crippen molar-refractivity contribution >= 4 is 15.9 Å². The van der Waals surface area contributed by atoms with Gasteiger partial charge in [-0.1, -0.05) is 0 Å². The molecule has 1 N–H and O–H groups in total. The molecule has 0 aromatic heterocycles. The smallest absolute Gasteiger partial charge is 0.417 e. The zero-order valence-electron chi connectivity index (χ0n) is 5.99. The molecule has 1 nitrogen and oxygen atoms in total. The molecule has 0 bridgehead atoms. The third-order valence-electron chi connectivity index (χ3n) is 1.32. The van der Waals surface area contributed by atoms with Gasteiger partial charge in [-0.25, -0.2) is 4.39 Å². The highest BCUT2D eigenvalue weighted by atomic mass is 79.9. The molecular weight excluding hydrogens is 256 g/mol. The summed E-state index contributed by atoms with van der Waals surface area (Å²) in [6, 6.07) is 0.906. The van der Waals surface area contributed by atoms with Crippen LogP contribution >= 0.6 is 15.9 Å². The Morgan fingerprint density at radius 1 is 1.23 bits per heavy atom. The lowest BCUT2D eigenvalue weighted by molar-refractivity contribution is -0.138. The monoisotopic (exact) mass is 258 g/mol. The fraction of sp³-hybridized carbons (Fsp3) is 0.143. The summed E-state index contributed by atoms with van der Waals surface area (Å²) in [5.74, 6) is -1.90. The van der Waals surface area contributed by atoms with Gasteiger partial charge in [0.05, 0.1) is 10.0 Å². The number of alkyl halides is 3. The van der Waals surface area contributed by atoms with E-state index in [-0.39, 0.29) is 0 Å². The number of aromatic hydroxyl groups is 1. The number of hydrogen-bond donors (Lipinski definition) is 1. The Bertz CT molecular complexity index is 334. The van der Waals surface area contributed by atoms with Crippen molar-refractivity contribution in [1.29, 1.82) is 0 Å². The van der Waals surface area contributed by atoms with Gasteiger partial charge in [0.1, 0.15) is 11.6 Å². The molecule has 0 amide bonds. The second-order valence-corrected chi connectivity index (χ2v) is 3.08. The first kappa shape index (κ1) is 10.3. The molecule has 0 aliphatic heterocycles. The van der Waals surface area contributed by atoms with Crippen LogP contribution in [0, 0.1) is 5.82 Å². The van der Waals surface area contributed by atoms with E-state index in [1.807, 2.05) is 0 Å². The van der Waals surface area contributed by atoms with Crippen LogP contribution in [0.3, 0.4) is 0 Å². The van der Waals surface area contributed by atoms with E-state index >= 15 is 0 Å². The minimum absolute atomic E-state index is 0.309. The van der Waals surface area contributed by atoms with Crippen LogP contribution in [0.25, 0.3) is 0 Å². The summed E-state index contributed by atoms with van der Waals surface area (Å²) in [6.07, 6.45) is -4.68. The van der Waals surface area contributed by atoms with Crippen LogP contribution < -0.4 is 0 Å². The molecule has 13 heavy (non-hydrogen) atoms. The van der Waals surface area contributed by atoms with E-state index in [9.17, 15) is 17.6 Å². The van der Waals surface area contributed by atoms with E-state index in [4.69, 9.17) is 5.11 Å². The predicted molar refractivity (Wildman–Crippen MR) is 40.8 cm³/mol. The zero-order chi connectivity index (χ0) is 10.2. The maximum Gasteiger partial charge on any atom is 0.417 e. The normalized spacial score (nSPS) is 11.8. The molecule has 1 aromatic carbocycles. The molecule has 1 rings (SSSR count). The van der Waals surface area contributed by atoms with Gasteiger partial charge in [-0.05, 0) is 22.0 Å². The number of hydrogen-bond acceptors (Lipinski definition) is 1. The van der Waals surface area contributed by atoms with Gasteiger partial charge in [0.25, 0.3) is 0 Å². The van der Waals surface area contributed by atoms with Crippen molar-refractivity contribution in [2.45, 2.75) is 6.18 Å². The first-order valence-electron chi connectivity index (χ1n) is 3.07. The molecule has 6 heteroatoms. The average Bonchev–Trinajstić information content (AvgIpc) is 1.94. The van der Waals surface area contributed by atoms with Crippen molar-refractivity contribution in [1.82, 2.24) is 0 Å². The Kier molecular flexibility index (Phi) is 2.51. The highest BCUT2D eigenvalue weighted by Crippen LogP contribution is 2.39. The van der Waals surface area contributed by atoms with Gasteiger partial charge in [-0.3, -0.25) is 0 Å². The van der Waals surface area contributed by atoms with Crippen molar-refractivity contribution in [3.63, 3.8) is 0 Å². The Morgan fingerprint density at radius 2 is 1.77 bits per heavy atom. The third kappa shape index (κ3) is 2.12. The Labute approximate surface area is 79.1 Å². The summed E-state index contributed by atoms with van der Waals surface area (Å²) in [6.45, 7) is 0. The summed E-state index contributed by atoms with van der Waals surface area (Å²) in [7, 11) is 0. The van der Waals surface area contributed by atoms with Crippen molar-refractivity contribution in [2.24, 2.45) is 0 Å². The fourth-order valence-electron chi connectivity index (χ4n) is 0.781. The first-order valence-corrected chi connectivity index (χ1v) is 3.87. The van der Waals surface area contributed by atoms with Crippen LogP contribution in [0.5, 0.6) is 5.75 Å². The zero-order valence-corrected chi connectivity index (χ0v) is 7.58. The summed E-state index contributed by atoms with van der Waals surface area (Å²) >= 11 is 2.51. The van der Waals surface area contributed by atoms with Gasteiger partial charge in [-0.15, -0.1) is 0 Å². The Morgan fingerprint density at radius 3 is 2.23 bits per heavy atom. The molecule has 0 fully saturated rings. The molecule has 0 spiro atoms. The number of phenols is 1. The van der Waals surface area contributed by atoms with Gasteiger partial charge in [0, 0.05) is 6.07 Å². The maximum absolute atomic E-state index is 12.5. The van der Waals surface area contributed by atoms with Gasteiger partial charge in [0.15, 0.2) is 0 Å². The Balaban J connectivity index is 3.37. The molecule has 0 aliphatic rings. The van der Waals surface area contributed by atoms with Crippen LogP contribution in [0.15, 0.2) is 16.6 Å². The van der Waals surface area contributed by atoms with E-state index < -0.39 is 27.8 Å². The predicted octanol–water partition coefficient (Wildman–Crippen LogP) is 3.31. The van der Waals surface area contributed by atoms with E-state index in [0.29, 0.717) is 12.1 Å². The summed E-state index contributed by atoms with van der Waals surface area (Å²) in [5, 5.41) is 8.86. The molecule has 0 radical (unpaired) electrons. The van der Waals surface area contributed by atoms with Crippen molar-refractivity contribution in [2.75, 3.05) is 0 Å². The Hall–Kier alpha value is -0.780. The van der Waals surface area contributed by atoms with E-state index in [1.54, 1.807) is 0 Å². The van der Waals surface area contributed by atoms with Crippen molar-refractivity contribution in [3.8, 4) is 5.75 Å². The van der Waals surface area contributed by atoms with Crippen molar-refractivity contribution < 1.29 is 22.7 Å². The van der Waals surface area contributed by atoms with Crippen LogP contribution in [-0.2, 0) is 6.18 Å². The fourth-order valence-corrected chi connectivity index (χ4v) is 1.23. The van der Waals surface area contributed by atoms with Gasteiger partial charge in [0.2, 0.25) is 0 Å². The number of rotatable bonds is 0. The van der Waals surface area contributed by atoms with Crippen LogP contribution in [0.2, 0.25) is 0 Å². The molecule has 0 saturated heterocycles. The highest BCUT2D eigenvalue weighted by Gasteiger charge is 2.34. The quantitative estimate of drug-likeness (QED) is 0.708. The molecule has 1 aromatic rings. The van der Waals surface area contributed by atoms with Crippen LogP contribution in [0.4, 0.5) is 17.6 Å². The van der Waals surface area contributed by atoms with Gasteiger partial charge < -0.3 is 5.11 Å². The third-order valence-corrected chi connectivity index (χ3v) is 2.16. The van der Waals surface area contributed by atoms with E-state index in [2.05, 4.69) is 15.9 Å². The highest BCUT2D eigenvalue weighted by molar-refractivity contribution is 9.10. The van der Waals surface area contributed by atoms with E-state index in [1.165, 1.54) is 0 Å². The van der Waals surface area contributed by atoms with Crippen molar-refractivity contribution in [3.05, 3.63) is 28.0 Å². The summed E-state index contributed by atoms with van der Waals surface area (Å²) in [4.78, 5) is 0. The topological polar surface area (TPSA) is 20.2 Å². The molecule has 0 heterocycles. The number of halogens is 5. The van der Waals surface area contributed by atoms with Gasteiger partial charge >= 0.3 is 6.18 Å². The number of phenolic OH excluding ortho intramolecular Hbond substituents is 1. The standard InChI is InChI=1S/C7H3BrF4O/c8-6-4(7(10,11)12)1-3(9)2-5(6)13/h1-2,13H. The van der Waals surface area contributed by atoms with Gasteiger partial charge in [-0.2, -0.15) is 13.2 Å². The van der Waals surface area contributed by atoms with Crippen LogP contribution in [-0.4, -0.2) is 5.11 Å². The SMILES string of the molecule is Oc1cc(F)cc(C(F)(F)F)c1Br. The molecule has 0 atom stereocenters. The lowest BCUT2D eigenvalue weighted by Gasteiger charge is -2.09. The first-order chi connectivity index (χ1) is 5.82. The second-order valence-electron chi connectivity index (χ2n) is 2.28. The number of benzene rings is 1. The maximum atomic E-state index is 12.5. The lowest BCUT2D eigenvalue weighted by Crippen LogP contribution is -2.06. The molecule has 0 aliphatic carbocycles. The summed E-state index contributed by atoms with van der Waals surface area (Å²) < 4.78 is 48.2. The minimum Gasteiger partial charge on any atom is -0.507 e. The van der Waals surface area contributed by atoms with Crippen LogP contribution in [0.1, 0.15) is 5.56 Å². The minimum atomic E-state index is -4.68. The average molecular weight is 259 g/mol. The molecule has 0 saturated carbocycles. The molecular formula is C7H3BrF4O. The molecule has 0 unspecified atom stereocenters. The second kappa shape index (κ2) is 3.17. The summed E-state index contributed by atoms with van der Waals surface area (Å²) in [5.41, 5.74) is -1.23. The lowest BCUT2D eigenvalue weighted by atomic mass is 10.2.